The molecule has 1 aliphatic heterocycles. The van der Waals surface area contributed by atoms with Gasteiger partial charge in [0.2, 0.25) is 0 Å². The first kappa shape index (κ1) is 26.0. The second-order valence-electron chi connectivity index (χ2n) is 12.9. The van der Waals surface area contributed by atoms with Crippen LogP contribution in [0.1, 0.15) is 59.3 Å². The Balaban J connectivity index is 1.44. The normalized spacial score (nSPS) is 57.5. The number of rotatable bonds is 3. The van der Waals surface area contributed by atoms with Gasteiger partial charge >= 0.3 is 0 Å². The second-order valence-corrected chi connectivity index (χ2v) is 12.9. The van der Waals surface area contributed by atoms with E-state index in [4.69, 9.17) is 9.47 Å². The SMILES string of the molecule is C=C1[C@H]2CC[C@@H]3C[C@@]2(C[C@@H](O)[C@@]2(O)[C@H]1C[C@@H](O[C@H]1O[C@@H](CO)[C@@H](O)[C@@H](O)[C@H]1O)C2(C)C)C[C@]3(C)O. The van der Waals surface area contributed by atoms with Crippen LogP contribution in [-0.2, 0) is 9.47 Å². The molecule has 200 valence electrons. The molecule has 0 aromatic rings. The number of ether oxygens (including phenoxy) is 2. The lowest BCUT2D eigenvalue weighted by Crippen LogP contribution is -2.61. The van der Waals surface area contributed by atoms with E-state index < -0.39 is 72.1 Å². The molecule has 9 heteroatoms. The predicted octanol–water partition coefficient (Wildman–Crippen LogP) is -0.173. The molecule has 35 heavy (non-hydrogen) atoms. The minimum atomic E-state index is -1.56. The van der Waals surface area contributed by atoms with E-state index in [9.17, 15) is 35.7 Å². The van der Waals surface area contributed by atoms with Crippen LogP contribution in [0.4, 0.5) is 0 Å². The van der Waals surface area contributed by atoms with Gasteiger partial charge in [-0.2, -0.15) is 0 Å². The number of hydrogen-bond acceptors (Lipinski definition) is 9. The molecule has 2 bridgehead atoms. The van der Waals surface area contributed by atoms with E-state index in [0.29, 0.717) is 19.3 Å². The van der Waals surface area contributed by atoms with Gasteiger partial charge in [0, 0.05) is 11.3 Å². The maximum atomic E-state index is 12.2. The van der Waals surface area contributed by atoms with Crippen LogP contribution in [0.2, 0.25) is 0 Å². The fourth-order valence-corrected chi connectivity index (χ4v) is 8.71. The number of aliphatic hydroxyl groups excluding tert-OH is 5. The number of aliphatic hydroxyl groups is 7. The molecule has 1 spiro atoms. The molecule has 5 fully saturated rings. The zero-order chi connectivity index (χ0) is 25.7. The molecule has 0 radical (unpaired) electrons. The summed E-state index contributed by atoms with van der Waals surface area (Å²) in [5, 5.41) is 75.2. The molecule has 4 aliphatic carbocycles. The topological polar surface area (TPSA) is 160 Å². The largest absolute Gasteiger partial charge is 0.394 e. The highest BCUT2D eigenvalue weighted by Crippen LogP contribution is 2.69. The Kier molecular flexibility index (Phi) is 6.08. The third-order valence-electron chi connectivity index (χ3n) is 10.8. The molecule has 4 saturated carbocycles. The molecule has 7 N–H and O–H groups in total. The first-order valence-corrected chi connectivity index (χ1v) is 13.0. The summed E-state index contributed by atoms with van der Waals surface area (Å²) in [6.07, 6.45) is -4.90. The quantitative estimate of drug-likeness (QED) is 0.262. The van der Waals surface area contributed by atoms with Gasteiger partial charge in [0.25, 0.3) is 0 Å². The molecule has 0 unspecified atom stereocenters. The first-order valence-electron chi connectivity index (χ1n) is 13.0. The van der Waals surface area contributed by atoms with Gasteiger partial charge in [0.05, 0.1) is 24.4 Å². The van der Waals surface area contributed by atoms with Crippen LogP contribution in [0.25, 0.3) is 0 Å². The van der Waals surface area contributed by atoms with Crippen molar-refractivity contribution in [3.05, 3.63) is 12.2 Å². The van der Waals surface area contributed by atoms with Gasteiger partial charge in [-0.1, -0.05) is 26.0 Å². The van der Waals surface area contributed by atoms with E-state index in [1.165, 1.54) is 0 Å². The van der Waals surface area contributed by atoms with Crippen molar-refractivity contribution in [1.29, 1.82) is 0 Å². The standard InChI is InChI=1S/C26H42O9/c1-12-14-6-5-13-8-25(14,11-24(13,4)32)9-17(28)26(33)15(12)7-18(23(26,2)3)35-22-21(31)20(30)19(29)16(10-27)34-22/h13-22,27-33H,1,5-11H2,2-4H3/t13-,14-,15+,16+,17-,18-,19-,20-,21-,22-,24+,25-,26+/m1/s1. The van der Waals surface area contributed by atoms with Crippen molar-refractivity contribution in [1.82, 2.24) is 0 Å². The van der Waals surface area contributed by atoms with Crippen LogP contribution in [0, 0.1) is 28.6 Å². The minimum absolute atomic E-state index is 0.0724. The fraction of sp³-hybridized carbons (Fsp3) is 0.923. The highest BCUT2D eigenvalue weighted by atomic mass is 16.7. The molecule has 13 atom stereocenters. The summed E-state index contributed by atoms with van der Waals surface area (Å²) in [5.41, 5.74) is -2.75. The van der Waals surface area contributed by atoms with Gasteiger partial charge in [-0.25, -0.2) is 0 Å². The Hall–Kier alpha value is -0.620. The number of fused-ring (bicyclic) bond motifs is 2. The zero-order valence-electron chi connectivity index (χ0n) is 20.9. The predicted molar refractivity (Wildman–Crippen MR) is 124 cm³/mol. The minimum Gasteiger partial charge on any atom is -0.394 e. The molecule has 5 aliphatic rings. The molecule has 1 saturated heterocycles. The van der Waals surface area contributed by atoms with Gasteiger partial charge in [0.1, 0.15) is 30.0 Å². The molecular formula is C26H42O9. The van der Waals surface area contributed by atoms with Gasteiger partial charge in [0.15, 0.2) is 6.29 Å². The van der Waals surface area contributed by atoms with Crippen LogP contribution in [0.5, 0.6) is 0 Å². The highest BCUT2D eigenvalue weighted by molar-refractivity contribution is 5.30. The summed E-state index contributed by atoms with van der Waals surface area (Å²) in [7, 11) is 0. The average Bonchev–Trinajstić information content (AvgIpc) is 3.08. The molecule has 0 aromatic heterocycles. The van der Waals surface area contributed by atoms with E-state index in [2.05, 4.69) is 6.58 Å². The summed E-state index contributed by atoms with van der Waals surface area (Å²) in [6, 6.07) is 0. The fourth-order valence-electron chi connectivity index (χ4n) is 8.71. The molecule has 0 aromatic carbocycles. The number of hydrogen-bond donors (Lipinski definition) is 7. The molecule has 0 amide bonds. The Morgan fingerprint density at radius 3 is 2.31 bits per heavy atom. The van der Waals surface area contributed by atoms with Gasteiger partial charge in [-0.3, -0.25) is 0 Å². The first-order chi connectivity index (χ1) is 16.2. The molecule has 9 nitrogen and oxygen atoms in total. The summed E-state index contributed by atoms with van der Waals surface area (Å²) < 4.78 is 11.7. The smallest absolute Gasteiger partial charge is 0.186 e. The maximum absolute atomic E-state index is 12.2. The van der Waals surface area contributed by atoms with Gasteiger partial charge < -0.3 is 45.2 Å². The second kappa shape index (κ2) is 8.19. The summed E-state index contributed by atoms with van der Waals surface area (Å²) in [4.78, 5) is 0. The van der Waals surface area contributed by atoms with Gasteiger partial charge in [-0.05, 0) is 62.7 Å². The van der Waals surface area contributed by atoms with Crippen LogP contribution >= 0.6 is 0 Å². The van der Waals surface area contributed by atoms with E-state index in [1.54, 1.807) is 0 Å². The zero-order valence-corrected chi connectivity index (χ0v) is 20.9. The van der Waals surface area contributed by atoms with Gasteiger partial charge in [-0.15, -0.1) is 0 Å². The summed E-state index contributed by atoms with van der Waals surface area (Å²) in [5.74, 6) is -0.210. The molecule has 1 heterocycles. The van der Waals surface area contributed by atoms with Crippen LogP contribution in [-0.4, -0.2) is 96.5 Å². The van der Waals surface area contributed by atoms with Crippen LogP contribution in [0.15, 0.2) is 12.2 Å². The van der Waals surface area contributed by atoms with Crippen molar-refractivity contribution < 1.29 is 45.2 Å². The van der Waals surface area contributed by atoms with Crippen molar-refractivity contribution in [3.63, 3.8) is 0 Å². The van der Waals surface area contributed by atoms with Crippen molar-refractivity contribution >= 4 is 0 Å². The Bertz CT molecular complexity index is 858. The monoisotopic (exact) mass is 498 g/mol. The summed E-state index contributed by atoms with van der Waals surface area (Å²) in [6.45, 7) is 9.42. The molecular weight excluding hydrogens is 456 g/mol. The lowest BCUT2D eigenvalue weighted by Gasteiger charge is -2.47. The highest BCUT2D eigenvalue weighted by Gasteiger charge is 2.70. The molecule has 5 rings (SSSR count). The van der Waals surface area contributed by atoms with E-state index in [1.807, 2.05) is 20.8 Å². The Morgan fingerprint density at radius 2 is 1.66 bits per heavy atom. The lowest BCUT2D eigenvalue weighted by atomic mass is 9.63. The van der Waals surface area contributed by atoms with E-state index in [0.717, 1.165) is 24.8 Å². The Morgan fingerprint density at radius 1 is 0.971 bits per heavy atom. The van der Waals surface area contributed by atoms with Crippen molar-refractivity contribution in [2.24, 2.45) is 28.6 Å². The Labute approximate surface area is 206 Å². The van der Waals surface area contributed by atoms with Crippen molar-refractivity contribution in [3.8, 4) is 0 Å². The van der Waals surface area contributed by atoms with E-state index in [-0.39, 0.29) is 17.3 Å². The van der Waals surface area contributed by atoms with Crippen molar-refractivity contribution in [2.45, 2.75) is 113 Å². The lowest BCUT2D eigenvalue weighted by molar-refractivity contribution is -0.321. The van der Waals surface area contributed by atoms with E-state index >= 15 is 0 Å². The third-order valence-corrected chi connectivity index (χ3v) is 10.8. The van der Waals surface area contributed by atoms with Crippen LogP contribution in [0.3, 0.4) is 0 Å². The average molecular weight is 499 g/mol. The summed E-state index contributed by atoms with van der Waals surface area (Å²) >= 11 is 0. The maximum Gasteiger partial charge on any atom is 0.186 e. The third kappa shape index (κ3) is 3.47. The van der Waals surface area contributed by atoms with Crippen LogP contribution < -0.4 is 0 Å². The van der Waals surface area contributed by atoms with Crippen molar-refractivity contribution in [2.75, 3.05) is 6.61 Å².